The van der Waals surface area contributed by atoms with Crippen LogP contribution in [0.5, 0.6) is 0 Å². The van der Waals surface area contributed by atoms with Crippen molar-refractivity contribution in [2.75, 3.05) is 53.1 Å². The van der Waals surface area contributed by atoms with Crippen molar-refractivity contribution in [1.29, 1.82) is 0 Å². The molecule has 15 atom stereocenters. The highest BCUT2D eigenvalue weighted by molar-refractivity contribution is 7.86. The Morgan fingerprint density at radius 1 is 0.413 bits per heavy atom. The van der Waals surface area contributed by atoms with Crippen LogP contribution in [0.2, 0.25) is 0 Å². The lowest BCUT2D eigenvalue weighted by molar-refractivity contribution is -0.367. The molecule has 7 N–H and O–H groups in total. The quantitative estimate of drug-likeness (QED) is 0.0191. The van der Waals surface area contributed by atoms with E-state index in [0.717, 1.165) is 73.7 Å². The van der Waals surface area contributed by atoms with Gasteiger partial charge in [0, 0.05) is 19.2 Å². The van der Waals surface area contributed by atoms with Crippen LogP contribution in [0.3, 0.4) is 0 Å². The van der Waals surface area contributed by atoms with Gasteiger partial charge in [-0.15, -0.1) is 0 Å². The predicted molar refractivity (Wildman–Crippen MR) is 387 cm³/mol. The van der Waals surface area contributed by atoms with Gasteiger partial charge in [0.25, 0.3) is 16.0 Å². The molecular weight excluding hydrogens is 1430 g/mol. The van der Waals surface area contributed by atoms with Crippen LogP contribution in [0, 0.1) is 5.92 Å². The van der Waals surface area contributed by atoms with Gasteiger partial charge in [0.05, 0.1) is 81.9 Å². The first kappa shape index (κ1) is 80.8. The lowest BCUT2D eigenvalue weighted by Gasteiger charge is -2.48. The third-order valence-corrected chi connectivity index (χ3v) is 20.0. The molecule has 29 heteroatoms. The van der Waals surface area contributed by atoms with Gasteiger partial charge in [0.1, 0.15) is 61.0 Å². The smallest absolute Gasteiger partial charge is 0.338 e. The third kappa shape index (κ3) is 23.2. The third-order valence-electron chi connectivity index (χ3n) is 18.7. The number of aliphatic hydroxyl groups excluding tert-OH is 3. The molecular formula is C80H90N4O24S. The van der Waals surface area contributed by atoms with Crippen molar-refractivity contribution in [1.82, 2.24) is 21.3 Å². The first-order valence-corrected chi connectivity index (χ1v) is 37.4. The average Bonchev–Trinajstić information content (AvgIpc) is 1.13. The number of ether oxygens (including phenoxy) is 12. The minimum atomic E-state index is -4.76. The van der Waals surface area contributed by atoms with E-state index in [1.165, 1.54) is 12.1 Å². The second kappa shape index (κ2) is 40.4. The summed E-state index contributed by atoms with van der Waals surface area (Å²) in [6.45, 7) is -2.41. The van der Waals surface area contributed by atoms with Crippen molar-refractivity contribution in [2.45, 2.75) is 149 Å². The Balaban J connectivity index is 0.831. The van der Waals surface area contributed by atoms with Crippen molar-refractivity contribution in [3.05, 3.63) is 245 Å². The van der Waals surface area contributed by atoms with E-state index >= 15 is 0 Å². The minimum Gasteiger partial charge on any atom is -0.450 e. The summed E-state index contributed by atoms with van der Waals surface area (Å²) in [6.07, 6.45) is -19.9. The van der Waals surface area contributed by atoms with E-state index in [9.17, 15) is 52.5 Å². The van der Waals surface area contributed by atoms with Gasteiger partial charge in [-0.05, 0) is 89.5 Å². The van der Waals surface area contributed by atoms with Crippen LogP contribution >= 0.6 is 0 Å². The molecule has 1 saturated carbocycles. The van der Waals surface area contributed by atoms with E-state index in [2.05, 4.69) is 21.3 Å². The molecule has 7 aromatic carbocycles. The number of carbonyl (C=O) groups is 6. The monoisotopic (exact) mass is 1520 g/mol. The summed E-state index contributed by atoms with van der Waals surface area (Å²) in [5.41, 5.74) is 3.23. The number of hydrogen-bond donors (Lipinski definition) is 7. The van der Waals surface area contributed by atoms with Crippen LogP contribution in [0.4, 0.5) is 0 Å². The van der Waals surface area contributed by atoms with Crippen LogP contribution in [0.1, 0.15) is 79.0 Å². The zero-order valence-corrected chi connectivity index (χ0v) is 60.6. The van der Waals surface area contributed by atoms with Crippen molar-refractivity contribution in [2.24, 2.45) is 5.92 Å². The predicted octanol–water partition coefficient (Wildman–Crippen LogP) is 5.39. The van der Waals surface area contributed by atoms with E-state index in [1.807, 2.05) is 91.0 Å². The first-order chi connectivity index (χ1) is 53.0. The minimum absolute atomic E-state index is 0.00880. The van der Waals surface area contributed by atoms with Gasteiger partial charge < -0.3 is 93.4 Å². The number of amides is 4. The maximum absolute atomic E-state index is 14.6. The zero-order chi connectivity index (χ0) is 76.5. The first-order valence-electron chi connectivity index (χ1n) is 36.0. The molecule has 11 rings (SSSR count). The van der Waals surface area contributed by atoms with Crippen LogP contribution in [0.15, 0.2) is 211 Å². The molecule has 3 aliphatic heterocycles. The van der Waals surface area contributed by atoms with E-state index < -0.39 is 163 Å². The molecule has 0 unspecified atom stereocenters. The van der Waals surface area contributed by atoms with Crippen LogP contribution in [-0.2, 0) is 112 Å². The van der Waals surface area contributed by atoms with E-state index in [4.69, 9.17) is 61.0 Å². The van der Waals surface area contributed by atoms with Gasteiger partial charge in [-0.1, -0.05) is 171 Å². The fourth-order valence-corrected chi connectivity index (χ4v) is 13.8. The van der Waals surface area contributed by atoms with E-state index in [0.29, 0.717) is 18.0 Å². The number of aliphatic hydroxyl groups is 3. The molecule has 0 radical (unpaired) electrons. The number of esters is 2. The number of rotatable bonds is 36. The van der Waals surface area contributed by atoms with Crippen LogP contribution in [0.25, 0.3) is 0 Å². The van der Waals surface area contributed by atoms with Gasteiger partial charge in [0.15, 0.2) is 31.1 Å². The molecule has 28 nitrogen and oxygen atoms in total. The summed E-state index contributed by atoms with van der Waals surface area (Å²) in [5.74, 6) is -3.83. The fourth-order valence-electron chi connectivity index (χ4n) is 12.9. The molecule has 7 aromatic rings. The van der Waals surface area contributed by atoms with Crippen molar-refractivity contribution >= 4 is 45.7 Å². The van der Waals surface area contributed by atoms with Gasteiger partial charge in [-0.2, -0.15) is 8.42 Å². The van der Waals surface area contributed by atoms with Gasteiger partial charge in [-0.25, -0.2) is 9.59 Å². The maximum atomic E-state index is 14.6. The second-order valence-corrected chi connectivity index (χ2v) is 28.1. The molecule has 4 aliphatic rings. The summed E-state index contributed by atoms with van der Waals surface area (Å²) in [6, 6.07) is 57.5. The Morgan fingerprint density at radius 2 is 0.862 bits per heavy atom. The molecule has 4 fully saturated rings. The standard InChI is InChI=1S/C80H90N4O24S/c1-96-78-68(90)71(66(88)60(103-78)50-102-109(94,95)59-38-36-56(37-39-59)75(91)84-43-65(87)83-42-64(86)82-41-63(85)81-40-51-22-20-21-23-51)108-80-72(106-76(92)57-32-16-6-17-33-57)67(89)69(98-45-53-26-10-3-11-27-53)62(105-80)49-101-79-74(107-77(93)58-34-18-7-19-35-58)73(100-47-55-30-14-5-15-31-55)70(99-46-54-28-12-4-13-29-54)61(104-79)48-97-44-52-24-8-2-9-25-52/h2-19,24-39,51,60-62,66-74,78-80,88-90H,20-23,40-50H2,1H3,(H,81,85)(H,82,86)(H,83,87)(H,84,91)/t60-,61-,62-,66-,67+,68-,69-,70-,71+,72-,73+,74-,78+,79-,80+/m1/s1. The molecule has 0 spiro atoms. The van der Waals surface area contributed by atoms with Gasteiger partial charge in [-0.3, -0.25) is 23.4 Å². The highest BCUT2D eigenvalue weighted by atomic mass is 32.2. The molecule has 4 amide bonds. The summed E-state index contributed by atoms with van der Waals surface area (Å²) in [5, 5.41) is 47.1. The zero-order valence-electron chi connectivity index (χ0n) is 59.8. The topological polar surface area (TPSA) is 365 Å². The number of carbonyl (C=O) groups excluding carboxylic acids is 6. The molecule has 3 heterocycles. The lowest BCUT2D eigenvalue weighted by atomic mass is 9.96. The molecule has 1 aliphatic carbocycles. The molecule has 0 bridgehead atoms. The number of methoxy groups -OCH3 is 1. The highest BCUT2D eigenvalue weighted by Crippen LogP contribution is 2.37. The van der Waals surface area contributed by atoms with Gasteiger partial charge >= 0.3 is 11.9 Å². The summed E-state index contributed by atoms with van der Waals surface area (Å²) < 4.78 is 111. The number of hydrogen-bond acceptors (Lipinski definition) is 24. The van der Waals surface area contributed by atoms with Crippen molar-refractivity contribution < 1.29 is 114 Å². The Morgan fingerprint density at radius 3 is 1.39 bits per heavy atom. The Labute approximate surface area is 630 Å². The second-order valence-electron chi connectivity index (χ2n) is 26.5. The molecule has 3 saturated heterocycles. The maximum Gasteiger partial charge on any atom is 0.338 e. The summed E-state index contributed by atoms with van der Waals surface area (Å²) in [4.78, 5) is 78.5. The lowest BCUT2D eigenvalue weighted by Crippen LogP contribution is -2.66. The summed E-state index contributed by atoms with van der Waals surface area (Å²) in [7, 11) is -3.60. The average molecular weight is 1520 g/mol. The normalized spacial score (nSPS) is 24.9. The van der Waals surface area contributed by atoms with E-state index in [-0.39, 0.29) is 62.2 Å². The number of nitrogens with one attached hydrogen (secondary N) is 4. The largest absolute Gasteiger partial charge is 0.450 e. The Bertz CT molecular complexity index is 4120. The molecule has 0 aromatic heterocycles. The van der Waals surface area contributed by atoms with Crippen LogP contribution in [-0.4, -0.2) is 205 Å². The Kier molecular flexibility index (Phi) is 30.0. The van der Waals surface area contributed by atoms with Gasteiger partial charge in [0.2, 0.25) is 17.7 Å². The fraction of sp³-hybridized carbons (Fsp3) is 0.400. The Hall–Kier alpha value is -9.25. The molecule has 109 heavy (non-hydrogen) atoms. The van der Waals surface area contributed by atoms with Crippen LogP contribution < -0.4 is 21.3 Å². The highest BCUT2D eigenvalue weighted by Gasteiger charge is 2.56. The van der Waals surface area contributed by atoms with Crippen molar-refractivity contribution in [3.63, 3.8) is 0 Å². The van der Waals surface area contributed by atoms with Crippen molar-refractivity contribution in [3.8, 4) is 0 Å². The summed E-state index contributed by atoms with van der Waals surface area (Å²) >= 11 is 0. The number of benzene rings is 7. The van der Waals surface area contributed by atoms with E-state index in [1.54, 1.807) is 78.9 Å². The SMILES string of the molecule is CO[C@H]1O[C@H](COS(=O)(=O)c2ccc(C(=O)NCC(=O)NCC(=O)NCC(=O)NCC3CCCC3)cc2)[C@@H](O)[C@H](O[C@@H]2O[C@H](CO[C@@H]3O[C@H](COCc4ccccc4)[C@@H](OCc4ccccc4)[C@H](OCc4ccccc4)[C@H]3OC(=O)c3ccccc3)[C@@H](OCc3ccccc3)[C@H](O)[C@H]2OC(=O)c2ccccc2)[C@H]1O. The molecule has 580 valence electrons.